The van der Waals surface area contributed by atoms with Crippen LogP contribution in [0.25, 0.3) is 0 Å². The van der Waals surface area contributed by atoms with Gasteiger partial charge in [-0.15, -0.1) is 0 Å². The third-order valence-corrected chi connectivity index (χ3v) is 4.91. The lowest BCUT2D eigenvalue weighted by molar-refractivity contribution is 0.0734. The second kappa shape index (κ2) is 11.2. The molecule has 0 radical (unpaired) electrons. The van der Waals surface area contributed by atoms with E-state index in [4.69, 9.17) is 9.47 Å². The summed E-state index contributed by atoms with van der Waals surface area (Å²) < 4.78 is 11.8. The number of ether oxygens (including phenoxy) is 2. The summed E-state index contributed by atoms with van der Waals surface area (Å²) in [4.78, 5) is 24.8. The van der Waals surface area contributed by atoms with Crippen molar-refractivity contribution >= 4 is 34.0 Å². The van der Waals surface area contributed by atoms with Gasteiger partial charge in [0.25, 0.3) is 5.91 Å². The fourth-order valence-corrected chi connectivity index (χ4v) is 3.09. The van der Waals surface area contributed by atoms with Crippen LogP contribution >= 0.6 is 15.9 Å². The van der Waals surface area contributed by atoms with Gasteiger partial charge in [-0.2, -0.15) is 5.10 Å². The first-order valence-corrected chi connectivity index (χ1v) is 10.9. The van der Waals surface area contributed by atoms with Gasteiger partial charge in [-0.3, -0.25) is 4.79 Å². The molecule has 1 N–H and O–H groups in total. The van der Waals surface area contributed by atoms with E-state index < -0.39 is 5.97 Å². The van der Waals surface area contributed by atoms with Crippen LogP contribution < -0.4 is 14.9 Å². The predicted octanol–water partition coefficient (Wildman–Crippen LogP) is 5.53. The van der Waals surface area contributed by atoms with E-state index in [-0.39, 0.29) is 5.91 Å². The van der Waals surface area contributed by atoms with Crippen molar-refractivity contribution in [3.63, 3.8) is 0 Å². The normalized spacial score (nSPS) is 10.7. The number of hydrazone groups is 1. The van der Waals surface area contributed by atoms with Gasteiger partial charge < -0.3 is 9.47 Å². The molecular weight excluding hydrogens is 472 g/mol. The number of rotatable bonds is 8. The van der Waals surface area contributed by atoms with Gasteiger partial charge >= 0.3 is 5.97 Å². The van der Waals surface area contributed by atoms with Gasteiger partial charge in [-0.25, -0.2) is 10.2 Å². The first kappa shape index (κ1) is 23.2. The smallest absolute Gasteiger partial charge is 0.343 e. The van der Waals surface area contributed by atoms with Crippen molar-refractivity contribution in [1.82, 2.24) is 5.43 Å². The molecule has 1 amide bonds. The Morgan fingerprint density at radius 2 is 1.69 bits per heavy atom. The van der Waals surface area contributed by atoms with Gasteiger partial charge in [0, 0.05) is 15.6 Å². The average molecular weight is 495 g/mol. The molecule has 0 aliphatic heterocycles. The molecule has 3 rings (SSSR count). The monoisotopic (exact) mass is 494 g/mol. The molecule has 7 heteroatoms. The van der Waals surface area contributed by atoms with E-state index in [1.807, 2.05) is 26.0 Å². The molecule has 0 spiro atoms. The van der Waals surface area contributed by atoms with E-state index in [1.54, 1.807) is 54.6 Å². The zero-order valence-corrected chi connectivity index (χ0v) is 19.4. The zero-order chi connectivity index (χ0) is 22.9. The van der Waals surface area contributed by atoms with Crippen LogP contribution in [0.3, 0.4) is 0 Å². The summed E-state index contributed by atoms with van der Waals surface area (Å²) in [5, 5.41) is 4.02. The number of esters is 1. The van der Waals surface area contributed by atoms with Crippen LogP contribution in [0, 0.1) is 6.92 Å². The maximum absolute atomic E-state index is 12.5. The standard InChI is InChI=1S/C25H23BrN2O4/c1-3-14-31-22-11-8-18(9-12-22)24(29)28-27-16-20-15-21(26)10-13-23(20)32-25(30)19-6-4-17(2)5-7-19/h4-13,15-16H,3,14H2,1-2H3,(H,28,29). The molecule has 164 valence electrons. The lowest BCUT2D eigenvalue weighted by atomic mass is 10.1. The van der Waals surface area contributed by atoms with Crippen LogP contribution in [0.1, 0.15) is 45.2 Å². The first-order valence-electron chi connectivity index (χ1n) is 10.1. The summed E-state index contributed by atoms with van der Waals surface area (Å²) in [6.45, 7) is 4.60. The van der Waals surface area contributed by atoms with Crippen LogP contribution in [0.5, 0.6) is 11.5 Å². The van der Waals surface area contributed by atoms with Gasteiger partial charge in [0.15, 0.2) is 0 Å². The third kappa shape index (κ3) is 6.52. The highest BCUT2D eigenvalue weighted by Crippen LogP contribution is 2.23. The molecule has 0 saturated heterocycles. The Balaban J connectivity index is 1.67. The molecule has 3 aromatic rings. The van der Waals surface area contributed by atoms with E-state index in [2.05, 4.69) is 26.5 Å². The number of hydrogen-bond donors (Lipinski definition) is 1. The summed E-state index contributed by atoms with van der Waals surface area (Å²) in [6.07, 6.45) is 2.34. The maximum atomic E-state index is 12.5. The van der Waals surface area contributed by atoms with E-state index >= 15 is 0 Å². The van der Waals surface area contributed by atoms with Gasteiger partial charge in [0.05, 0.1) is 18.4 Å². The summed E-state index contributed by atoms with van der Waals surface area (Å²) >= 11 is 3.40. The second-order valence-electron chi connectivity index (χ2n) is 7.01. The Bertz CT molecular complexity index is 1110. The van der Waals surface area contributed by atoms with Crippen molar-refractivity contribution in [2.24, 2.45) is 5.10 Å². The van der Waals surface area contributed by atoms with Crippen molar-refractivity contribution in [1.29, 1.82) is 0 Å². The number of aryl methyl sites for hydroxylation is 1. The van der Waals surface area contributed by atoms with Gasteiger partial charge in [-0.05, 0) is 67.9 Å². The highest BCUT2D eigenvalue weighted by molar-refractivity contribution is 9.10. The summed E-state index contributed by atoms with van der Waals surface area (Å²) in [5.74, 6) is 0.197. The molecular formula is C25H23BrN2O4. The number of nitrogens with one attached hydrogen (secondary N) is 1. The highest BCUT2D eigenvalue weighted by Gasteiger charge is 2.12. The Hall–Kier alpha value is -3.45. The lowest BCUT2D eigenvalue weighted by Gasteiger charge is -2.08. The van der Waals surface area contributed by atoms with Crippen molar-refractivity contribution < 1.29 is 19.1 Å². The molecule has 0 aliphatic rings. The van der Waals surface area contributed by atoms with Crippen LogP contribution in [0.15, 0.2) is 76.3 Å². The van der Waals surface area contributed by atoms with Gasteiger partial charge in [0.1, 0.15) is 11.5 Å². The van der Waals surface area contributed by atoms with E-state index in [1.165, 1.54) is 6.21 Å². The molecule has 3 aromatic carbocycles. The largest absolute Gasteiger partial charge is 0.494 e. The van der Waals surface area contributed by atoms with Crippen molar-refractivity contribution in [2.75, 3.05) is 6.61 Å². The molecule has 6 nitrogen and oxygen atoms in total. The maximum Gasteiger partial charge on any atom is 0.343 e. The topological polar surface area (TPSA) is 77.0 Å². The van der Waals surface area contributed by atoms with Crippen LogP contribution in [0.2, 0.25) is 0 Å². The minimum absolute atomic E-state index is 0.328. The molecule has 0 atom stereocenters. The molecule has 0 heterocycles. The first-order chi connectivity index (χ1) is 15.5. The minimum atomic E-state index is -0.476. The van der Waals surface area contributed by atoms with Crippen molar-refractivity contribution in [2.45, 2.75) is 20.3 Å². The molecule has 0 saturated carbocycles. The highest BCUT2D eigenvalue weighted by atomic mass is 79.9. The fourth-order valence-electron chi connectivity index (χ4n) is 2.71. The molecule has 0 bridgehead atoms. The molecule has 0 aliphatic carbocycles. The predicted molar refractivity (Wildman–Crippen MR) is 128 cm³/mol. The SMILES string of the molecule is CCCOc1ccc(C(=O)NN=Cc2cc(Br)ccc2OC(=O)c2ccc(C)cc2)cc1. The number of carbonyl (C=O) groups is 2. The summed E-state index contributed by atoms with van der Waals surface area (Å²) in [7, 11) is 0. The van der Waals surface area contributed by atoms with E-state index in [0.29, 0.717) is 34.8 Å². The molecule has 0 fully saturated rings. The van der Waals surface area contributed by atoms with E-state index in [9.17, 15) is 9.59 Å². The second-order valence-corrected chi connectivity index (χ2v) is 7.93. The molecule has 0 unspecified atom stereocenters. The Kier molecular flexibility index (Phi) is 8.16. The number of hydrogen-bond acceptors (Lipinski definition) is 5. The zero-order valence-electron chi connectivity index (χ0n) is 17.8. The van der Waals surface area contributed by atoms with Crippen LogP contribution in [-0.2, 0) is 0 Å². The number of amides is 1. The third-order valence-electron chi connectivity index (χ3n) is 4.42. The van der Waals surface area contributed by atoms with Gasteiger partial charge in [0.2, 0.25) is 0 Å². The average Bonchev–Trinajstić information content (AvgIpc) is 2.80. The van der Waals surface area contributed by atoms with Crippen molar-refractivity contribution in [3.8, 4) is 11.5 Å². The van der Waals surface area contributed by atoms with Crippen molar-refractivity contribution in [3.05, 3.63) is 93.5 Å². The number of benzene rings is 3. The van der Waals surface area contributed by atoms with Crippen LogP contribution in [-0.4, -0.2) is 24.7 Å². The quantitative estimate of drug-likeness (QED) is 0.193. The fraction of sp³-hybridized carbons (Fsp3) is 0.160. The number of carbonyl (C=O) groups excluding carboxylic acids is 2. The molecule has 0 aromatic heterocycles. The lowest BCUT2D eigenvalue weighted by Crippen LogP contribution is -2.17. The van der Waals surface area contributed by atoms with Crippen LogP contribution in [0.4, 0.5) is 0 Å². The summed E-state index contributed by atoms with van der Waals surface area (Å²) in [6, 6.07) is 19.1. The minimum Gasteiger partial charge on any atom is -0.494 e. The van der Waals surface area contributed by atoms with Gasteiger partial charge in [-0.1, -0.05) is 40.5 Å². The molecule has 32 heavy (non-hydrogen) atoms. The number of nitrogens with zero attached hydrogens (tertiary/aromatic N) is 1. The summed E-state index contributed by atoms with van der Waals surface area (Å²) in [5.41, 5.74) is 4.96. The Morgan fingerprint density at radius 1 is 1.00 bits per heavy atom. The Morgan fingerprint density at radius 3 is 2.38 bits per heavy atom. The van der Waals surface area contributed by atoms with E-state index in [0.717, 1.165) is 16.5 Å². The number of halogens is 1. The Labute approximate surface area is 195 Å².